The third kappa shape index (κ3) is 3.28. The molecule has 2 amide bonds. The molecule has 0 aliphatic carbocycles. The van der Waals surface area contributed by atoms with Crippen LogP contribution in [0.25, 0.3) is 0 Å². The number of anilines is 1. The lowest BCUT2D eigenvalue weighted by Gasteiger charge is -2.38. The lowest BCUT2D eigenvalue weighted by atomic mass is 9.77. The molecule has 5 nitrogen and oxygen atoms in total. The first-order valence-electron chi connectivity index (χ1n) is 9.14. The molecule has 0 aromatic heterocycles. The van der Waals surface area contributed by atoms with Gasteiger partial charge >= 0.3 is 0 Å². The van der Waals surface area contributed by atoms with Crippen molar-refractivity contribution in [2.75, 3.05) is 24.5 Å². The molecule has 0 unspecified atom stereocenters. The first-order valence-corrected chi connectivity index (χ1v) is 9.52. The molecule has 0 bridgehead atoms. The topological polar surface area (TPSA) is 60.9 Å². The van der Waals surface area contributed by atoms with E-state index in [9.17, 15) is 14.7 Å². The van der Waals surface area contributed by atoms with Gasteiger partial charge in [0.15, 0.2) is 0 Å². The number of carbonyl (C=O) groups is 2. The van der Waals surface area contributed by atoms with E-state index in [-0.39, 0.29) is 17.6 Å². The van der Waals surface area contributed by atoms with Crippen molar-refractivity contribution in [1.29, 1.82) is 0 Å². The van der Waals surface area contributed by atoms with Crippen molar-refractivity contribution in [2.45, 2.75) is 19.3 Å². The highest BCUT2D eigenvalue weighted by atomic mass is 35.5. The minimum absolute atomic E-state index is 0.0810. The molecule has 2 heterocycles. The molecule has 1 N–H and O–H groups in total. The van der Waals surface area contributed by atoms with E-state index in [0.717, 1.165) is 12.1 Å². The van der Waals surface area contributed by atoms with E-state index in [1.165, 1.54) is 6.07 Å². The monoisotopic (exact) mass is 384 g/mol. The summed E-state index contributed by atoms with van der Waals surface area (Å²) in [5.41, 5.74) is 0.921. The van der Waals surface area contributed by atoms with E-state index in [2.05, 4.69) is 0 Å². The average molecular weight is 385 g/mol. The molecule has 0 saturated carbocycles. The Bertz CT molecular complexity index is 891. The van der Waals surface area contributed by atoms with E-state index in [1.54, 1.807) is 29.2 Å². The fraction of sp³-hybridized carbons (Fsp3) is 0.333. The van der Waals surface area contributed by atoms with Crippen molar-refractivity contribution >= 4 is 29.1 Å². The van der Waals surface area contributed by atoms with Crippen LogP contribution in [0.15, 0.2) is 48.5 Å². The van der Waals surface area contributed by atoms with E-state index in [1.807, 2.05) is 23.1 Å². The highest BCUT2D eigenvalue weighted by molar-refractivity contribution is 6.31. The number of amides is 2. The fourth-order valence-corrected chi connectivity index (χ4v) is 4.32. The zero-order chi connectivity index (χ0) is 19.0. The molecule has 27 heavy (non-hydrogen) atoms. The lowest BCUT2D eigenvalue weighted by molar-refractivity contribution is -0.127. The standard InChI is InChI=1S/C21H21ClN2O3/c22-16-4-2-5-17(14-16)24-12-9-21(20(24)27)7-10-23(11-8-21)19(26)15-3-1-6-18(25)13-15/h1-6,13-14,25H,7-12H2. The number of rotatable bonds is 2. The summed E-state index contributed by atoms with van der Waals surface area (Å²) in [7, 11) is 0. The number of hydrogen-bond acceptors (Lipinski definition) is 3. The fourth-order valence-electron chi connectivity index (χ4n) is 4.13. The summed E-state index contributed by atoms with van der Waals surface area (Å²) < 4.78 is 0. The van der Waals surface area contributed by atoms with Gasteiger partial charge in [-0.05, 0) is 55.7 Å². The first-order chi connectivity index (χ1) is 13.0. The molecule has 0 radical (unpaired) electrons. The highest BCUT2D eigenvalue weighted by Crippen LogP contribution is 2.43. The number of hydrogen-bond donors (Lipinski definition) is 1. The van der Waals surface area contributed by atoms with Gasteiger partial charge in [0.25, 0.3) is 5.91 Å². The van der Waals surface area contributed by atoms with Gasteiger partial charge < -0.3 is 14.9 Å². The molecular formula is C21H21ClN2O3. The maximum absolute atomic E-state index is 13.1. The first kappa shape index (κ1) is 17.9. The molecule has 140 valence electrons. The second kappa shape index (κ2) is 6.89. The second-order valence-corrected chi connectivity index (χ2v) is 7.75. The van der Waals surface area contributed by atoms with Gasteiger partial charge in [-0.1, -0.05) is 23.7 Å². The van der Waals surface area contributed by atoms with Gasteiger partial charge in [-0.2, -0.15) is 0 Å². The van der Waals surface area contributed by atoms with Crippen LogP contribution < -0.4 is 4.90 Å². The summed E-state index contributed by atoms with van der Waals surface area (Å²) in [6.07, 6.45) is 2.12. The van der Waals surface area contributed by atoms with E-state index in [0.29, 0.717) is 43.1 Å². The van der Waals surface area contributed by atoms with Crippen molar-refractivity contribution in [3.8, 4) is 5.75 Å². The molecule has 2 saturated heterocycles. The number of phenolic OH excluding ortho intramolecular Hbond substituents is 1. The van der Waals surface area contributed by atoms with Crippen molar-refractivity contribution in [3.63, 3.8) is 0 Å². The van der Waals surface area contributed by atoms with Crippen LogP contribution in [-0.2, 0) is 4.79 Å². The van der Waals surface area contributed by atoms with Crippen LogP contribution >= 0.6 is 11.6 Å². The largest absolute Gasteiger partial charge is 0.508 e. The number of carbonyl (C=O) groups excluding carboxylic acids is 2. The average Bonchev–Trinajstić information content (AvgIpc) is 2.98. The van der Waals surface area contributed by atoms with E-state index < -0.39 is 5.41 Å². The Kier molecular flexibility index (Phi) is 4.56. The molecule has 0 atom stereocenters. The number of phenols is 1. The second-order valence-electron chi connectivity index (χ2n) is 7.31. The smallest absolute Gasteiger partial charge is 0.253 e. The van der Waals surface area contributed by atoms with Gasteiger partial charge in [-0.3, -0.25) is 9.59 Å². The zero-order valence-electron chi connectivity index (χ0n) is 14.9. The van der Waals surface area contributed by atoms with Crippen molar-refractivity contribution in [2.24, 2.45) is 5.41 Å². The number of likely N-dealkylation sites (tertiary alicyclic amines) is 1. The van der Waals surface area contributed by atoms with Crippen LogP contribution in [-0.4, -0.2) is 41.5 Å². The number of nitrogens with zero attached hydrogens (tertiary/aromatic N) is 2. The van der Waals surface area contributed by atoms with Crippen molar-refractivity contribution in [3.05, 3.63) is 59.1 Å². The van der Waals surface area contributed by atoms with E-state index >= 15 is 0 Å². The minimum Gasteiger partial charge on any atom is -0.508 e. The number of halogens is 1. The van der Waals surface area contributed by atoms with Crippen LogP contribution in [0.1, 0.15) is 29.6 Å². The van der Waals surface area contributed by atoms with Crippen molar-refractivity contribution in [1.82, 2.24) is 4.90 Å². The van der Waals surface area contributed by atoms with Crippen LogP contribution in [0.3, 0.4) is 0 Å². The Morgan fingerprint density at radius 2 is 1.70 bits per heavy atom. The number of benzene rings is 2. The molecule has 4 rings (SSSR count). The summed E-state index contributed by atoms with van der Waals surface area (Å²) in [6, 6.07) is 13.8. The third-order valence-electron chi connectivity index (χ3n) is 5.73. The molecule has 2 aliphatic rings. The Balaban J connectivity index is 1.46. The third-order valence-corrected chi connectivity index (χ3v) is 5.97. The zero-order valence-corrected chi connectivity index (χ0v) is 15.7. The Morgan fingerprint density at radius 1 is 1.00 bits per heavy atom. The predicted octanol–water partition coefficient (Wildman–Crippen LogP) is 3.70. The predicted molar refractivity (Wildman–Crippen MR) is 104 cm³/mol. The SMILES string of the molecule is O=C(c1cccc(O)c1)N1CCC2(CC1)CCN(c1cccc(Cl)c1)C2=O. The van der Waals surface area contributed by atoms with Gasteiger partial charge in [0, 0.05) is 35.9 Å². The number of piperidine rings is 1. The minimum atomic E-state index is -0.391. The maximum Gasteiger partial charge on any atom is 0.253 e. The molecule has 2 aromatic rings. The van der Waals surface area contributed by atoms with E-state index in [4.69, 9.17) is 11.6 Å². The van der Waals surface area contributed by atoms with Crippen molar-refractivity contribution < 1.29 is 14.7 Å². The molecule has 6 heteroatoms. The molecule has 2 fully saturated rings. The quantitative estimate of drug-likeness (QED) is 0.858. The summed E-state index contributed by atoms with van der Waals surface area (Å²) in [4.78, 5) is 29.4. The molecular weight excluding hydrogens is 364 g/mol. The molecule has 2 aromatic carbocycles. The maximum atomic E-state index is 13.1. The summed E-state index contributed by atoms with van der Waals surface area (Å²) in [5.74, 6) is 0.115. The Morgan fingerprint density at radius 3 is 2.41 bits per heavy atom. The van der Waals surface area contributed by atoms with Gasteiger partial charge in [-0.15, -0.1) is 0 Å². The summed E-state index contributed by atoms with van der Waals surface area (Å²) in [5, 5.41) is 10.2. The Labute approximate surface area is 163 Å². The normalized spacial score (nSPS) is 18.9. The summed E-state index contributed by atoms with van der Waals surface area (Å²) in [6.45, 7) is 1.77. The Hall–Kier alpha value is -2.53. The van der Waals surface area contributed by atoms with Crippen LogP contribution in [0.5, 0.6) is 5.75 Å². The highest BCUT2D eigenvalue weighted by Gasteiger charge is 2.49. The van der Waals surface area contributed by atoms with Gasteiger partial charge in [0.05, 0.1) is 5.41 Å². The van der Waals surface area contributed by atoms with Gasteiger partial charge in [0.2, 0.25) is 5.91 Å². The van der Waals surface area contributed by atoms with Crippen LogP contribution in [0.4, 0.5) is 5.69 Å². The molecule has 2 aliphatic heterocycles. The van der Waals surface area contributed by atoms with Gasteiger partial charge in [0.1, 0.15) is 5.75 Å². The number of aromatic hydroxyl groups is 1. The summed E-state index contributed by atoms with van der Waals surface area (Å²) >= 11 is 6.07. The van der Waals surface area contributed by atoms with Gasteiger partial charge in [-0.25, -0.2) is 0 Å². The van der Waals surface area contributed by atoms with Crippen LogP contribution in [0.2, 0.25) is 5.02 Å². The van der Waals surface area contributed by atoms with Crippen LogP contribution in [0, 0.1) is 5.41 Å². The lowest BCUT2D eigenvalue weighted by Crippen LogP contribution is -2.46. The molecule has 1 spiro atoms.